The third kappa shape index (κ3) is 6.00. The summed E-state index contributed by atoms with van der Waals surface area (Å²) in [7, 11) is 0. The summed E-state index contributed by atoms with van der Waals surface area (Å²) in [5.41, 5.74) is 2.26. The number of aromatic nitrogens is 2. The van der Waals surface area contributed by atoms with Gasteiger partial charge < -0.3 is 20.5 Å². The van der Waals surface area contributed by atoms with E-state index < -0.39 is 12.1 Å². The predicted octanol–water partition coefficient (Wildman–Crippen LogP) is 3.42. The molecule has 2 heterocycles. The summed E-state index contributed by atoms with van der Waals surface area (Å²) in [5, 5.41) is 16.0. The van der Waals surface area contributed by atoms with E-state index in [1.54, 1.807) is 0 Å². The standard InChI is InChI=1S/C26H36N4O.C2HF3O2/c31-25(29-26-13-19-10-20(14-26)12-21(11-19)15-26)24-28-22(23-8-4-5-9-30(23)24)17-27-16-18-6-2-1-3-7-18;3-2(4,5)1(6)7/h4-5,8-9,18-21,27H,1-3,6-7,10-17H2,(H,29,31);(H,6,7). The van der Waals surface area contributed by atoms with Gasteiger partial charge in [0, 0.05) is 5.54 Å². The fourth-order valence-corrected chi connectivity index (χ4v) is 7.81. The van der Waals surface area contributed by atoms with Crippen molar-refractivity contribution in [3.05, 3.63) is 35.9 Å². The van der Waals surface area contributed by atoms with Gasteiger partial charge in [-0.15, -0.1) is 0 Å². The van der Waals surface area contributed by atoms with Crippen molar-refractivity contribution in [2.24, 2.45) is 23.7 Å². The van der Waals surface area contributed by atoms with Crippen LogP contribution in [0.2, 0.25) is 0 Å². The molecule has 0 radical (unpaired) electrons. The molecule has 1 amide bonds. The zero-order valence-electron chi connectivity index (χ0n) is 21.6. The Morgan fingerprint density at radius 3 is 2.21 bits per heavy atom. The van der Waals surface area contributed by atoms with Gasteiger partial charge >= 0.3 is 17.9 Å². The number of carboxylic acid groups (broad SMARTS) is 1. The number of fused-ring (bicyclic) bond motifs is 1. The largest absolute Gasteiger partial charge is 0.542 e. The number of H-pyrrole nitrogens is 1. The molecule has 208 valence electrons. The third-order valence-electron chi connectivity index (χ3n) is 9.00. The van der Waals surface area contributed by atoms with Crippen LogP contribution in [0.25, 0.3) is 5.52 Å². The first-order chi connectivity index (χ1) is 18.1. The number of halogens is 3. The number of nitrogens with zero attached hydrogens (tertiary/aromatic N) is 1. The molecule has 0 aliphatic heterocycles. The van der Waals surface area contributed by atoms with Gasteiger partial charge in [0.1, 0.15) is 5.97 Å². The minimum atomic E-state index is -5.19. The number of pyridine rings is 1. The number of alkyl halides is 3. The molecule has 0 saturated heterocycles. The summed E-state index contributed by atoms with van der Waals surface area (Å²) in [6.45, 7) is 1.86. The van der Waals surface area contributed by atoms with Gasteiger partial charge in [0.25, 0.3) is 0 Å². The van der Waals surface area contributed by atoms with Crippen LogP contribution >= 0.6 is 0 Å². The molecule has 0 aromatic carbocycles. The summed E-state index contributed by atoms with van der Waals surface area (Å²) in [6.07, 6.45) is 11.4. The van der Waals surface area contributed by atoms with Gasteiger partial charge in [0.2, 0.25) is 0 Å². The van der Waals surface area contributed by atoms with E-state index in [-0.39, 0.29) is 11.4 Å². The number of rotatable bonds is 6. The smallest absolute Gasteiger partial charge is 0.430 e. The number of nitrogens with one attached hydrogen (secondary N) is 3. The van der Waals surface area contributed by atoms with Crippen molar-refractivity contribution in [3.8, 4) is 0 Å². The molecule has 7 rings (SSSR count). The number of amides is 1. The molecule has 10 heteroatoms. The lowest BCUT2D eigenvalue weighted by atomic mass is 9.53. The lowest BCUT2D eigenvalue weighted by Crippen LogP contribution is -2.60. The van der Waals surface area contributed by atoms with Crippen molar-refractivity contribution in [3.63, 3.8) is 0 Å². The summed E-state index contributed by atoms with van der Waals surface area (Å²) >= 11 is 0. The average Bonchev–Trinajstić information content (AvgIpc) is 3.22. The molecule has 2 aromatic heterocycles. The van der Waals surface area contributed by atoms with E-state index in [0.717, 1.165) is 48.0 Å². The number of carbonyl (C=O) groups excluding carboxylic acids is 2. The van der Waals surface area contributed by atoms with E-state index in [0.29, 0.717) is 5.82 Å². The minimum absolute atomic E-state index is 0.0397. The SMILES string of the molecule is O=C(NC12CC3CC(CC(C3)C1)C2)c1[nH]c(CNCC2CCCCC2)c2cccc[n+]12.O=C([O-])C(F)(F)F. The Morgan fingerprint density at radius 2 is 1.63 bits per heavy atom. The fraction of sp³-hybridized carbons (Fsp3) is 0.679. The molecular formula is C28H37F3N4O3. The second kappa shape index (κ2) is 10.9. The van der Waals surface area contributed by atoms with Gasteiger partial charge in [-0.3, -0.25) is 4.79 Å². The van der Waals surface area contributed by atoms with Crippen LogP contribution < -0.4 is 20.1 Å². The Labute approximate surface area is 220 Å². The van der Waals surface area contributed by atoms with Crippen molar-refractivity contribution in [2.75, 3.05) is 6.54 Å². The fourth-order valence-electron chi connectivity index (χ4n) is 7.81. The number of imidazole rings is 1. The quantitative estimate of drug-likeness (QED) is 0.495. The molecule has 0 spiro atoms. The lowest BCUT2D eigenvalue weighted by molar-refractivity contribution is -0.514. The number of hydrogen-bond acceptors (Lipinski definition) is 4. The number of carbonyl (C=O) groups is 2. The highest BCUT2D eigenvalue weighted by molar-refractivity contribution is 5.90. The van der Waals surface area contributed by atoms with E-state index in [9.17, 15) is 18.0 Å². The monoisotopic (exact) mass is 534 g/mol. The van der Waals surface area contributed by atoms with Crippen LogP contribution in [-0.4, -0.2) is 35.1 Å². The van der Waals surface area contributed by atoms with Crippen molar-refractivity contribution in [1.82, 2.24) is 15.6 Å². The maximum Gasteiger partial charge on any atom is 0.430 e. The topological polar surface area (TPSA) is 101 Å². The lowest BCUT2D eigenvalue weighted by Gasteiger charge is -2.56. The highest BCUT2D eigenvalue weighted by Gasteiger charge is 2.52. The van der Waals surface area contributed by atoms with Crippen LogP contribution in [0.3, 0.4) is 0 Å². The highest BCUT2D eigenvalue weighted by atomic mass is 19.4. The molecule has 3 N–H and O–H groups in total. The van der Waals surface area contributed by atoms with Crippen LogP contribution in [-0.2, 0) is 11.3 Å². The normalized spacial score (nSPS) is 28.7. The van der Waals surface area contributed by atoms with Crippen LogP contribution in [0.5, 0.6) is 0 Å². The number of hydrogen-bond donors (Lipinski definition) is 3. The highest BCUT2D eigenvalue weighted by Crippen LogP contribution is 2.55. The Kier molecular flexibility index (Phi) is 7.71. The van der Waals surface area contributed by atoms with Crippen LogP contribution in [0.4, 0.5) is 13.2 Å². The van der Waals surface area contributed by atoms with E-state index >= 15 is 0 Å². The molecule has 7 nitrogen and oxygen atoms in total. The Balaban J connectivity index is 0.000000374. The number of aromatic amines is 1. The molecule has 0 atom stereocenters. The zero-order chi connectivity index (χ0) is 26.9. The summed E-state index contributed by atoms with van der Waals surface area (Å²) in [6, 6.07) is 6.20. The molecule has 0 unspecified atom stereocenters. The molecule has 5 aliphatic rings. The van der Waals surface area contributed by atoms with E-state index in [2.05, 4.69) is 27.8 Å². The van der Waals surface area contributed by atoms with Crippen molar-refractivity contribution in [1.29, 1.82) is 0 Å². The van der Waals surface area contributed by atoms with Crippen molar-refractivity contribution >= 4 is 17.4 Å². The zero-order valence-corrected chi connectivity index (χ0v) is 21.6. The molecular weight excluding hydrogens is 497 g/mol. The van der Waals surface area contributed by atoms with Gasteiger partial charge in [-0.2, -0.15) is 17.6 Å². The van der Waals surface area contributed by atoms with E-state index in [4.69, 9.17) is 9.90 Å². The van der Waals surface area contributed by atoms with E-state index in [1.165, 1.54) is 70.6 Å². The summed E-state index contributed by atoms with van der Waals surface area (Å²) in [4.78, 5) is 25.8. The number of carboxylic acids is 1. The van der Waals surface area contributed by atoms with Crippen molar-refractivity contribution in [2.45, 2.75) is 88.9 Å². The summed E-state index contributed by atoms with van der Waals surface area (Å²) in [5.74, 6) is 1.05. The maximum absolute atomic E-state index is 13.5. The first-order valence-electron chi connectivity index (χ1n) is 13.9. The van der Waals surface area contributed by atoms with Gasteiger partial charge in [-0.05, 0) is 93.7 Å². The molecule has 38 heavy (non-hydrogen) atoms. The minimum Gasteiger partial charge on any atom is -0.542 e. The molecule has 5 saturated carbocycles. The van der Waals surface area contributed by atoms with E-state index in [1.807, 2.05) is 16.7 Å². The first-order valence-corrected chi connectivity index (χ1v) is 13.9. The second-order valence-electron chi connectivity index (χ2n) is 12.0. The van der Waals surface area contributed by atoms with Crippen LogP contribution in [0.1, 0.15) is 86.9 Å². The molecule has 5 fully saturated rings. The Bertz CT molecular complexity index is 1120. The second-order valence-corrected chi connectivity index (χ2v) is 12.0. The predicted molar refractivity (Wildman–Crippen MR) is 132 cm³/mol. The summed E-state index contributed by atoms with van der Waals surface area (Å²) < 4.78 is 33.6. The van der Waals surface area contributed by atoms with Crippen LogP contribution in [0.15, 0.2) is 24.4 Å². The average molecular weight is 535 g/mol. The van der Waals surface area contributed by atoms with Gasteiger partial charge in [-0.1, -0.05) is 25.3 Å². The Morgan fingerprint density at radius 1 is 1.03 bits per heavy atom. The van der Waals surface area contributed by atoms with Crippen LogP contribution in [0, 0.1) is 23.7 Å². The third-order valence-corrected chi connectivity index (χ3v) is 9.00. The molecule has 2 aromatic rings. The van der Waals surface area contributed by atoms with Gasteiger partial charge in [0.05, 0.1) is 12.7 Å². The Hall–Kier alpha value is -2.62. The first kappa shape index (κ1) is 27.0. The molecule has 5 aliphatic carbocycles. The maximum atomic E-state index is 13.5. The molecule has 4 bridgehead atoms. The van der Waals surface area contributed by atoms with Crippen molar-refractivity contribution < 1.29 is 32.3 Å². The van der Waals surface area contributed by atoms with Gasteiger partial charge in [-0.25, -0.2) is 4.98 Å². The number of aliphatic carboxylic acids is 1. The van der Waals surface area contributed by atoms with Gasteiger partial charge in [0.15, 0.2) is 11.2 Å².